The van der Waals surface area contributed by atoms with Gasteiger partial charge in [0, 0.05) is 30.5 Å². The Hall–Kier alpha value is -3.35. The van der Waals surface area contributed by atoms with Crippen molar-refractivity contribution in [2.75, 3.05) is 0 Å². The number of halogens is 1. The fourth-order valence-corrected chi connectivity index (χ4v) is 3.63. The Morgan fingerprint density at radius 1 is 1.24 bits per heavy atom. The van der Waals surface area contributed by atoms with Crippen LogP contribution in [0.15, 0.2) is 48.7 Å². The molecular weight excluding hydrogens is 371 g/mol. The van der Waals surface area contributed by atoms with E-state index in [0.29, 0.717) is 34.9 Å². The summed E-state index contributed by atoms with van der Waals surface area (Å²) in [5.74, 6) is 0.0143. The first-order valence-electron chi connectivity index (χ1n) is 9.66. The van der Waals surface area contributed by atoms with Crippen LogP contribution in [0.4, 0.5) is 4.39 Å². The predicted octanol–water partition coefficient (Wildman–Crippen LogP) is 3.65. The van der Waals surface area contributed by atoms with E-state index in [1.54, 1.807) is 18.3 Å². The number of aromatic amines is 1. The van der Waals surface area contributed by atoms with E-state index in [2.05, 4.69) is 20.3 Å². The van der Waals surface area contributed by atoms with E-state index in [4.69, 9.17) is 0 Å². The highest BCUT2D eigenvalue weighted by atomic mass is 19.1. The van der Waals surface area contributed by atoms with Gasteiger partial charge in [0.05, 0.1) is 23.6 Å². The molecule has 0 bridgehead atoms. The van der Waals surface area contributed by atoms with Crippen LogP contribution in [0.2, 0.25) is 0 Å². The maximum atomic E-state index is 13.7. The van der Waals surface area contributed by atoms with E-state index in [-0.39, 0.29) is 36.4 Å². The summed E-state index contributed by atoms with van der Waals surface area (Å²) in [6.45, 7) is 0.189. The predicted molar refractivity (Wildman–Crippen MR) is 106 cm³/mol. The molecule has 1 amide bonds. The monoisotopic (exact) mass is 392 g/mol. The summed E-state index contributed by atoms with van der Waals surface area (Å²) in [5, 5.41) is 2.82. The summed E-state index contributed by atoms with van der Waals surface area (Å²) < 4.78 is 13.7. The Balaban J connectivity index is 1.55. The lowest BCUT2D eigenvalue weighted by Crippen LogP contribution is -2.26. The number of ketones is 1. The zero-order chi connectivity index (χ0) is 20.2. The lowest BCUT2D eigenvalue weighted by atomic mass is 10.0. The van der Waals surface area contributed by atoms with Gasteiger partial charge < -0.3 is 10.3 Å². The van der Waals surface area contributed by atoms with Crippen LogP contribution in [-0.4, -0.2) is 26.6 Å². The number of hydrogen-bond donors (Lipinski definition) is 2. The number of aromatic nitrogens is 3. The Labute approximate surface area is 167 Å². The molecule has 29 heavy (non-hydrogen) atoms. The first-order valence-corrected chi connectivity index (χ1v) is 9.66. The first kappa shape index (κ1) is 19.0. The molecule has 1 aliphatic rings. The maximum Gasteiger partial charge on any atom is 0.221 e. The Kier molecular flexibility index (Phi) is 5.46. The Morgan fingerprint density at radius 2 is 2.14 bits per heavy atom. The van der Waals surface area contributed by atoms with Gasteiger partial charge in [-0.05, 0) is 37.1 Å². The van der Waals surface area contributed by atoms with E-state index in [1.807, 2.05) is 18.2 Å². The van der Waals surface area contributed by atoms with Gasteiger partial charge in [0.15, 0.2) is 0 Å². The van der Waals surface area contributed by atoms with Crippen molar-refractivity contribution in [2.24, 2.45) is 5.92 Å². The molecule has 2 heterocycles. The van der Waals surface area contributed by atoms with Gasteiger partial charge in [0.25, 0.3) is 0 Å². The van der Waals surface area contributed by atoms with Gasteiger partial charge in [0.2, 0.25) is 5.91 Å². The molecule has 1 saturated carbocycles. The van der Waals surface area contributed by atoms with Crippen LogP contribution in [-0.2, 0) is 16.1 Å². The topological polar surface area (TPSA) is 87.7 Å². The molecule has 6 nitrogen and oxygen atoms in total. The van der Waals surface area contributed by atoms with Gasteiger partial charge in [-0.3, -0.25) is 14.6 Å². The number of carbonyl (C=O) groups is 2. The summed E-state index contributed by atoms with van der Waals surface area (Å²) in [6, 6.07) is 11.7. The number of nitrogens with one attached hydrogen (secondary N) is 2. The average Bonchev–Trinajstić information content (AvgIpc) is 3.34. The molecule has 0 spiro atoms. The number of amides is 1. The van der Waals surface area contributed by atoms with Crippen LogP contribution in [0.1, 0.15) is 31.5 Å². The number of nitrogens with zero attached hydrogens (tertiary/aromatic N) is 2. The summed E-state index contributed by atoms with van der Waals surface area (Å²) in [6.07, 6.45) is 4.09. The molecule has 1 aromatic carbocycles. The fourth-order valence-electron chi connectivity index (χ4n) is 3.63. The number of H-pyrrole nitrogens is 1. The number of imidazole rings is 1. The second kappa shape index (κ2) is 8.34. The molecule has 2 N–H and O–H groups in total. The minimum atomic E-state index is -0.353. The lowest BCUT2D eigenvalue weighted by molar-refractivity contribution is -0.127. The summed E-state index contributed by atoms with van der Waals surface area (Å²) in [5.41, 5.74) is 2.52. The van der Waals surface area contributed by atoms with E-state index >= 15 is 0 Å². The molecule has 148 valence electrons. The van der Waals surface area contributed by atoms with E-state index < -0.39 is 0 Å². The number of rotatable bonds is 6. The van der Waals surface area contributed by atoms with Crippen LogP contribution < -0.4 is 5.32 Å². The minimum Gasteiger partial charge on any atom is -0.349 e. The molecule has 1 fully saturated rings. The summed E-state index contributed by atoms with van der Waals surface area (Å²) >= 11 is 0. The Morgan fingerprint density at radius 3 is 2.86 bits per heavy atom. The molecule has 2 aromatic heterocycles. The minimum absolute atomic E-state index is 0.168. The van der Waals surface area contributed by atoms with Crippen LogP contribution >= 0.6 is 0 Å². The van der Waals surface area contributed by atoms with Crippen molar-refractivity contribution in [2.45, 2.75) is 32.2 Å². The molecule has 7 heteroatoms. The van der Waals surface area contributed by atoms with Gasteiger partial charge in [0.1, 0.15) is 17.4 Å². The zero-order valence-corrected chi connectivity index (χ0v) is 15.8. The van der Waals surface area contributed by atoms with Crippen molar-refractivity contribution in [1.82, 2.24) is 20.3 Å². The fraction of sp³-hybridized carbons (Fsp3) is 0.273. The van der Waals surface area contributed by atoms with Gasteiger partial charge in [-0.25, -0.2) is 9.37 Å². The molecule has 4 rings (SSSR count). The van der Waals surface area contributed by atoms with E-state index in [9.17, 15) is 14.0 Å². The van der Waals surface area contributed by atoms with Crippen molar-refractivity contribution in [3.05, 3.63) is 60.3 Å². The number of Topliss-reactive ketones (excluding diaryl/α,β-unsaturated/α-hetero) is 1. The smallest absolute Gasteiger partial charge is 0.221 e. The lowest BCUT2D eigenvalue weighted by Gasteiger charge is -2.07. The normalized spacial score (nSPS) is 16.2. The summed E-state index contributed by atoms with van der Waals surface area (Å²) in [4.78, 5) is 36.1. The van der Waals surface area contributed by atoms with Gasteiger partial charge in [-0.1, -0.05) is 18.2 Å². The molecule has 0 radical (unpaired) electrons. The van der Waals surface area contributed by atoms with E-state index in [0.717, 1.165) is 12.8 Å². The highest BCUT2D eigenvalue weighted by molar-refractivity contribution is 5.88. The second-order valence-corrected chi connectivity index (χ2v) is 7.17. The summed E-state index contributed by atoms with van der Waals surface area (Å²) in [7, 11) is 0. The Bertz CT molecular complexity index is 1030. The van der Waals surface area contributed by atoms with Crippen LogP contribution in [0.5, 0.6) is 0 Å². The number of pyridine rings is 1. The number of hydrogen-bond acceptors (Lipinski definition) is 4. The van der Waals surface area contributed by atoms with Crippen molar-refractivity contribution in [3.63, 3.8) is 0 Å². The second-order valence-electron chi connectivity index (χ2n) is 7.17. The number of carbonyl (C=O) groups excluding carboxylic acids is 2. The SMILES string of the molecule is O=C(C[C@H]1CCCC1=O)NCc1nc(-c2cccc(F)c2)c(-c2ccccn2)[nH]1. The van der Waals surface area contributed by atoms with E-state index in [1.165, 1.54) is 12.1 Å². The first-order chi connectivity index (χ1) is 14.1. The molecule has 3 aromatic rings. The largest absolute Gasteiger partial charge is 0.349 e. The van der Waals surface area contributed by atoms with Crippen LogP contribution in [0, 0.1) is 11.7 Å². The quantitative estimate of drug-likeness (QED) is 0.670. The van der Waals surface area contributed by atoms with Gasteiger partial charge in [-0.2, -0.15) is 0 Å². The third-order valence-electron chi connectivity index (χ3n) is 5.09. The average molecular weight is 392 g/mol. The van der Waals surface area contributed by atoms with Crippen molar-refractivity contribution < 1.29 is 14.0 Å². The number of benzene rings is 1. The third kappa shape index (κ3) is 4.39. The van der Waals surface area contributed by atoms with Crippen molar-refractivity contribution in [3.8, 4) is 22.6 Å². The third-order valence-corrected chi connectivity index (χ3v) is 5.09. The molecule has 1 aliphatic carbocycles. The van der Waals surface area contributed by atoms with Crippen LogP contribution in [0.3, 0.4) is 0 Å². The highest BCUT2D eigenvalue weighted by Crippen LogP contribution is 2.29. The van der Waals surface area contributed by atoms with Crippen molar-refractivity contribution in [1.29, 1.82) is 0 Å². The van der Waals surface area contributed by atoms with Crippen LogP contribution in [0.25, 0.3) is 22.6 Å². The van der Waals surface area contributed by atoms with Crippen molar-refractivity contribution >= 4 is 11.7 Å². The molecular formula is C22H21FN4O2. The molecule has 0 aliphatic heterocycles. The van der Waals surface area contributed by atoms with Gasteiger partial charge >= 0.3 is 0 Å². The standard InChI is InChI=1S/C22H21FN4O2/c23-16-7-3-6-15(11-16)21-22(17-8-1-2-10-24-17)27-19(26-21)13-25-20(29)12-14-5-4-9-18(14)28/h1-3,6-8,10-11,14H,4-5,9,12-13H2,(H,25,29)(H,26,27)/t14-/m1/s1. The van der Waals surface area contributed by atoms with Gasteiger partial charge in [-0.15, -0.1) is 0 Å². The molecule has 1 atom stereocenters. The highest BCUT2D eigenvalue weighted by Gasteiger charge is 2.26. The zero-order valence-electron chi connectivity index (χ0n) is 15.8. The molecule has 0 unspecified atom stereocenters. The maximum absolute atomic E-state index is 13.7. The molecule has 0 saturated heterocycles.